The molecule has 2 fully saturated rings. The standard InChI is InChI=1S/C22H28N4O3/c1-29-19-10-6-5-9-18(19)26-14-16(11-21(26)28)17-12-20(27)25-22(24-17)23-13-15-7-3-2-4-8-15/h5-6,9-10,12,15-16H,2-4,7-8,11,13-14H2,1H3,(H2,23,24,25,27). The molecule has 1 saturated carbocycles. The van der Waals surface area contributed by atoms with Gasteiger partial charge in [-0.05, 0) is 30.9 Å². The lowest BCUT2D eigenvalue weighted by Gasteiger charge is -2.22. The van der Waals surface area contributed by atoms with Crippen LogP contribution in [0.5, 0.6) is 5.75 Å². The molecule has 1 atom stereocenters. The number of hydrogen-bond acceptors (Lipinski definition) is 5. The number of benzene rings is 1. The Hall–Kier alpha value is -2.83. The van der Waals surface area contributed by atoms with E-state index in [0.29, 0.717) is 36.3 Å². The van der Waals surface area contributed by atoms with Crippen molar-refractivity contribution in [3.63, 3.8) is 0 Å². The summed E-state index contributed by atoms with van der Waals surface area (Å²) in [6.45, 7) is 1.31. The zero-order valence-corrected chi connectivity index (χ0v) is 16.8. The summed E-state index contributed by atoms with van der Waals surface area (Å²) in [6.07, 6.45) is 6.65. The van der Waals surface area contributed by atoms with Gasteiger partial charge in [0, 0.05) is 31.5 Å². The lowest BCUT2D eigenvalue weighted by atomic mass is 9.89. The highest BCUT2D eigenvalue weighted by Gasteiger charge is 2.34. The summed E-state index contributed by atoms with van der Waals surface area (Å²) in [5.41, 5.74) is 1.22. The smallest absolute Gasteiger partial charge is 0.252 e. The number of carbonyl (C=O) groups excluding carboxylic acids is 1. The predicted molar refractivity (Wildman–Crippen MR) is 113 cm³/mol. The molecule has 2 N–H and O–H groups in total. The highest BCUT2D eigenvalue weighted by molar-refractivity contribution is 5.97. The number of carbonyl (C=O) groups is 1. The third-order valence-electron chi connectivity index (χ3n) is 5.96. The molecule has 2 heterocycles. The second-order valence-electron chi connectivity index (χ2n) is 7.98. The van der Waals surface area contributed by atoms with E-state index in [1.54, 1.807) is 12.0 Å². The molecule has 1 saturated heterocycles. The van der Waals surface area contributed by atoms with E-state index in [1.165, 1.54) is 38.2 Å². The fraction of sp³-hybridized carbons (Fsp3) is 0.500. The van der Waals surface area contributed by atoms with Gasteiger partial charge >= 0.3 is 0 Å². The number of aromatic nitrogens is 2. The van der Waals surface area contributed by atoms with Gasteiger partial charge in [0.2, 0.25) is 11.9 Å². The van der Waals surface area contributed by atoms with Gasteiger partial charge in [0.05, 0.1) is 18.5 Å². The number of nitrogens with one attached hydrogen (secondary N) is 2. The average Bonchev–Trinajstić information content (AvgIpc) is 3.14. The van der Waals surface area contributed by atoms with E-state index >= 15 is 0 Å². The minimum absolute atomic E-state index is 0.0123. The van der Waals surface area contributed by atoms with Crippen LogP contribution in [0.4, 0.5) is 11.6 Å². The molecule has 0 bridgehead atoms. The van der Waals surface area contributed by atoms with Gasteiger partial charge in [-0.15, -0.1) is 0 Å². The van der Waals surface area contributed by atoms with Crippen molar-refractivity contribution in [3.8, 4) is 5.75 Å². The summed E-state index contributed by atoms with van der Waals surface area (Å²) in [5.74, 6) is 1.69. The molecular weight excluding hydrogens is 368 g/mol. The molecule has 0 spiro atoms. The van der Waals surface area contributed by atoms with Crippen LogP contribution in [0.3, 0.4) is 0 Å². The van der Waals surface area contributed by atoms with Gasteiger partial charge in [-0.3, -0.25) is 14.6 Å². The Bertz CT molecular complexity index is 920. The number of aromatic amines is 1. The summed E-state index contributed by atoms with van der Waals surface area (Å²) < 4.78 is 5.40. The van der Waals surface area contributed by atoms with Gasteiger partial charge in [0.15, 0.2) is 0 Å². The van der Waals surface area contributed by atoms with Gasteiger partial charge in [-0.25, -0.2) is 4.98 Å². The number of para-hydroxylation sites is 2. The van der Waals surface area contributed by atoms with E-state index in [-0.39, 0.29) is 17.4 Å². The Labute approximate surface area is 170 Å². The van der Waals surface area contributed by atoms with E-state index in [9.17, 15) is 9.59 Å². The van der Waals surface area contributed by atoms with E-state index < -0.39 is 0 Å². The molecule has 154 valence electrons. The quantitative estimate of drug-likeness (QED) is 0.782. The van der Waals surface area contributed by atoms with Crippen molar-refractivity contribution in [1.29, 1.82) is 0 Å². The zero-order valence-electron chi connectivity index (χ0n) is 16.8. The monoisotopic (exact) mass is 396 g/mol. The first-order valence-corrected chi connectivity index (χ1v) is 10.4. The van der Waals surface area contributed by atoms with E-state index in [1.807, 2.05) is 24.3 Å². The van der Waals surface area contributed by atoms with Crippen molar-refractivity contribution in [3.05, 3.63) is 46.4 Å². The lowest BCUT2D eigenvalue weighted by molar-refractivity contribution is -0.117. The number of H-pyrrole nitrogens is 1. The number of amides is 1. The molecule has 7 heteroatoms. The number of anilines is 2. The van der Waals surface area contributed by atoms with Crippen LogP contribution in [0.15, 0.2) is 35.1 Å². The van der Waals surface area contributed by atoms with Gasteiger partial charge in [-0.2, -0.15) is 0 Å². The number of methoxy groups -OCH3 is 1. The van der Waals surface area contributed by atoms with Crippen LogP contribution in [-0.4, -0.2) is 36.1 Å². The molecular formula is C22H28N4O3. The summed E-state index contributed by atoms with van der Waals surface area (Å²) in [5, 5.41) is 3.31. The maximum absolute atomic E-state index is 12.7. The third-order valence-corrected chi connectivity index (χ3v) is 5.96. The van der Waals surface area contributed by atoms with Crippen LogP contribution in [0.2, 0.25) is 0 Å². The van der Waals surface area contributed by atoms with Crippen molar-refractivity contribution in [2.45, 2.75) is 44.4 Å². The molecule has 1 unspecified atom stereocenters. The molecule has 1 aromatic heterocycles. The number of hydrogen-bond donors (Lipinski definition) is 2. The molecule has 1 aromatic carbocycles. The summed E-state index contributed by atoms with van der Waals surface area (Å²) in [4.78, 5) is 34.0. The first kappa shape index (κ1) is 19.5. The summed E-state index contributed by atoms with van der Waals surface area (Å²) >= 11 is 0. The van der Waals surface area contributed by atoms with Crippen LogP contribution in [0, 0.1) is 5.92 Å². The van der Waals surface area contributed by atoms with Crippen molar-refractivity contribution < 1.29 is 9.53 Å². The first-order chi connectivity index (χ1) is 14.1. The molecule has 1 aliphatic heterocycles. The maximum atomic E-state index is 12.7. The molecule has 7 nitrogen and oxygen atoms in total. The Morgan fingerprint density at radius 2 is 2.00 bits per heavy atom. The molecule has 1 aliphatic carbocycles. The third kappa shape index (κ3) is 4.44. The van der Waals surface area contributed by atoms with E-state index in [2.05, 4.69) is 15.3 Å². The van der Waals surface area contributed by atoms with Crippen molar-refractivity contribution in [2.75, 3.05) is 30.4 Å². The van der Waals surface area contributed by atoms with Gasteiger partial charge in [0.1, 0.15) is 5.75 Å². The fourth-order valence-corrected chi connectivity index (χ4v) is 4.39. The molecule has 0 radical (unpaired) electrons. The van der Waals surface area contributed by atoms with Crippen LogP contribution in [0.25, 0.3) is 0 Å². The fourth-order valence-electron chi connectivity index (χ4n) is 4.39. The second kappa shape index (κ2) is 8.68. The maximum Gasteiger partial charge on any atom is 0.252 e. The molecule has 2 aromatic rings. The predicted octanol–water partition coefficient (Wildman–Crippen LogP) is 3.29. The Morgan fingerprint density at radius 3 is 2.79 bits per heavy atom. The Morgan fingerprint density at radius 1 is 1.21 bits per heavy atom. The summed E-state index contributed by atoms with van der Waals surface area (Å²) in [6, 6.07) is 8.99. The number of nitrogens with zero attached hydrogens (tertiary/aromatic N) is 2. The lowest BCUT2D eigenvalue weighted by Crippen LogP contribution is -2.25. The second-order valence-corrected chi connectivity index (χ2v) is 7.98. The highest BCUT2D eigenvalue weighted by Crippen LogP contribution is 2.35. The topological polar surface area (TPSA) is 87.3 Å². The van der Waals surface area contributed by atoms with Crippen LogP contribution >= 0.6 is 0 Å². The van der Waals surface area contributed by atoms with Gasteiger partial charge in [0.25, 0.3) is 5.56 Å². The van der Waals surface area contributed by atoms with Crippen LogP contribution < -0.4 is 20.5 Å². The van der Waals surface area contributed by atoms with Crippen molar-refractivity contribution >= 4 is 17.5 Å². The SMILES string of the molecule is COc1ccccc1N1CC(c2cc(=O)[nH]c(NCC3CCCCC3)n2)CC1=O. The molecule has 4 rings (SSSR count). The minimum Gasteiger partial charge on any atom is -0.495 e. The van der Waals surface area contributed by atoms with Gasteiger partial charge in [-0.1, -0.05) is 31.4 Å². The van der Waals surface area contributed by atoms with Gasteiger partial charge < -0.3 is 15.0 Å². The van der Waals surface area contributed by atoms with Crippen LogP contribution in [-0.2, 0) is 4.79 Å². The summed E-state index contributed by atoms with van der Waals surface area (Å²) in [7, 11) is 1.60. The number of ether oxygens (including phenoxy) is 1. The van der Waals surface area contributed by atoms with Crippen molar-refractivity contribution in [1.82, 2.24) is 9.97 Å². The van der Waals surface area contributed by atoms with E-state index in [4.69, 9.17) is 4.74 Å². The largest absolute Gasteiger partial charge is 0.495 e. The molecule has 29 heavy (non-hydrogen) atoms. The molecule has 1 amide bonds. The normalized spacial score (nSPS) is 20.1. The Balaban J connectivity index is 1.49. The average molecular weight is 396 g/mol. The molecule has 2 aliphatic rings. The van der Waals surface area contributed by atoms with E-state index in [0.717, 1.165) is 12.2 Å². The Kier molecular flexibility index (Phi) is 5.83. The minimum atomic E-state index is -0.190. The van der Waals surface area contributed by atoms with Crippen LogP contribution in [0.1, 0.15) is 50.1 Å². The highest BCUT2D eigenvalue weighted by atomic mass is 16.5. The first-order valence-electron chi connectivity index (χ1n) is 10.4. The number of rotatable bonds is 6. The zero-order chi connectivity index (χ0) is 20.2. The van der Waals surface area contributed by atoms with Crippen molar-refractivity contribution in [2.24, 2.45) is 5.92 Å².